The lowest BCUT2D eigenvalue weighted by molar-refractivity contribution is -0.121. The first-order valence-electron chi connectivity index (χ1n) is 12.0. The lowest BCUT2D eigenvalue weighted by Crippen LogP contribution is -2.48. The molecule has 0 saturated heterocycles. The van der Waals surface area contributed by atoms with Gasteiger partial charge in [-0.15, -0.1) is 0 Å². The highest BCUT2D eigenvalue weighted by Crippen LogP contribution is 2.38. The number of hydrogen-bond acceptors (Lipinski definition) is 5. The largest absolute Gasteiger partial charge is 0.493 e. The average molecular weight is 513 g/mol. The Balaban J connectivity index is 1.64. The van der Waals surface area contributed by atoms with Crippen LogP contribution >= 0.6 is 0 Å². The maximum Gasteiger partial charge on any atom is 0.221 e. The summed E-state index contributed by atoms with van der Waals surface area (Å²) in [6.07, 6.45) is 0.139. The minimum atomic E-state index is -0.433. The van der Waals surface area contributed by atoms with Gasteiger partial charge in [0.1, 0.15) is 11.6 Å². The van der Waals surface area contributed by atoms with E-state index in [0.29, 0.717) is 30.3 Å². The van der Waals surface area contributed by atoms with Gasteiger partial charge >= 0.3 is 0 Å². The van der Waals surface area contributed by atoms with Crippen LogP contribution in [0.4, 0.5) is 8.78 Å². The molecule has 0 aliphatic carbocycles. The molecule has 0 bridgehead atoms. The van der Waals surface area contributed by atoms with E-state index in [4.69, 9.17) is 14.2 Å². The van der Waals surface area contributed by atoms with Gasteiger partial charge in [0.15, 0.2) is 11.5 Å². The summed E-state index contributed by atoms with van der Waals surface area (Å²) in [4.78, 5) is 13.0. The number of amides is 1. The van der Waals surface area contributed by atoms with Crippen LogP contribution < -0.4 is 24.8 Å². The van der Waals surface area contributed by atoms with E-state index in [1.807, 2.05) is 26.0 Å². The standard InChI is InChI=1S/C29H34F2N2O4/c1-29(2,33-17-19-14-25(35-3)28(37-5)26(15-19)36-4)18-32-27(34)16-24(20-6-10-22(30)11-7-20)21-8-12-23(31)13-9-21/h6-15,24,33H,16-18H2,1-5H3,(H,32,34). The summed E-state index contributed by atoms with van der Waals surface area (Å²) in [7, 11) is 4.69. The molecule has 3 aromatic carbocycles. The fourth-order valence-electron chi connectivity index (χ4n) is 4.04. The number of methoxy groups -OCH3 is 3. The first-order valence-corrected chi connectivity index (χ1v) is 12.0. The van der Waals surface area contributed by atoms with Crippen molar-refractivity contribution in [1.82, 2.24) is 10.6 Å². The number of rotatable bonds is 12. The average Bonchev–Trinajstić information content (AvgIpc) is 2.90. The Morgan fingerprint density at radius 3 is 1.76 bits per heavy atom. The van der Waals surface area contributed by atoms with Gasteiger partial charge in [0.25, 0.3) is 0 Å². The number of ether oxygens (including phenoxy) is 3. The van der Waals surface area contributed by atoms with Crippen molar-refractivity contribution >= 4 is 5.91 Å². The van der Waals surface area contributed by atoms with Crippen LogP contribution in [0.1, 0.15) is 42.9 Å². The highest BCUT2D eigenvalue weighted by molar-refractivity contribution is 5.77. The van der Waals surface area contributed by atoms with E-state index in [9.17, 15) is 13.6 Å². The molecule has 6 nitrogen and oxygen atoms in total. The minimum Gasteiger partial charge on any atom is -0.493 e. The third-order valence-electron chi connectivity index (χ3n) is 6.16. The summed E-state index contributed by atoms with van der Waals surface area (Å²) < 4.78 is 43.2. The third kappa shape index (κ3) is 7.67. The first-order chi connectivity index (χ1) is 17.7. The summed E-state index contributed by atoms with van der Waals surface area (Å²) in [5.41, 5.74) is 2.06. The molecule has 198 valence electrons. The predicted molar refractivity (Wildman–Crippen MR) is 139 cm³/mol. The van der Waals surface area contributed by atoms with Gasteiger partial charge < -0.3 is 24.8 Å². The van der Waals surface area contributed by atoms with Crippen molar-refractivity contribution in [3.05, 3.63) is 89.0 Å². The van der Waals surface area contributed by atoms with Gasteiger partial charge in [-0.05, 0) is 66.9 Å². The number of nitrogens with one attached hydrogen (secondary N) is 2. The maximum atomic E-state index is 13.5. The van der Waals surface area contributed by atoms with E-state index in [1.165, 1.54) is 24.3 Å². The molecule has 0 aromatic heterocycles. The van der Waals surface area contributed by atoms with Gasteiger partial charge in [-0.25, -0.2) is 8.78 Å². The van der Waals surface area contributed by atoms with E-state index >= 15 is 0 Å². The Kier molecular flexibility index (Phi) is 9.47. The Morgan fingerprint density at radius 2 is 1.32 bits per heavy atom. The van der Waals surface area contributed by atoms with E-state index in [1.54, 1.807) is 45.6 Å². The van der Waals surface area contributed by atoms with Gasteiger partial charge in [-0.2, -0.15) is 0 Å². The SMILES string of the molecule is COc1cc(CNC(C)(C)CNC(=O)CC(c2ccc(F)cc2)c2ccc(F)cc2)cc(OC)c1OC. The molecule has 0 saturated carbocycles. The van der Waals surface area contributed by atoms with Crippen molar-refractivity contribution < 1.29 is 27.8 Å². The van der Waals surface area contributed by atoms with Crippen LogP contribution in [-0.4, -0.2) is 39.3 Å². The topological polar surface area (TPSA) is 68.8 Å². The molecule has 0 unspecified atom stereocenters. The Labute approximate surface area is 216 Å². The van der Waals surface area contributed by atoms with Gasteiger partial charge in [-0.3, -0.25) is 4.79 Å². The molecular formula is C29H34F2N2O4. The molecular weight excluding hydrogens is 478 g/mol. The molecule has 0 heterocycles. The fraction of sp³-hybridized carbons (Fsp3) is 0.345. The van der Waals surface area contributed by atoms with E-state index in [2.05, 4.69) is 10.6 Å². The molecule has 0 aliphatic rings. The first kappa shape index (κ1) is 27.9. The molecule has 0 fully saturated rings. The number of carbonyl (C=O) groups is 1. The van der Waals surface area contributed by atoms with Crippen molar-refractivity contribution in [2.24, 2.45) is 0 Å². The van der Waals surface area contributed by atoms with Crippen LogP contribution in [0.25, 0.3) is 0 Å². The normalized spacial score (nSPS) is 11.4. The fourth-order valence-corrected chi connectivity index (χ4v) is 4.04. The number of hydrogen-bond donors (Lipinski definition) is 2. The van der Waals surface area contributed by atoms with Gasteiger partial charge in [0, 0.05) is 31.0 Å². The van der Waals surface area contributed by atoms with E-state index in [-0.39, 0.29) is 29.9 Å². The van der Waals surface area contributed by atoms with Crippen molar-refractivity contribution in [2.45, 2.75) is 38.3 Å². The van der Waals surface area contributed by atoms with Crippen molar-refractivity contribution in [3.63, 3.8) is 0 Å². The number of carbonyl (C=O) groups excluding carboxylic acids is 1. The molecule has 3 rings (SSSR count). The highest BCUT2D eigenvalue weighted by atomic mass is 19.1. The van der Waals surface area contributed by atoms with Crippen LogP contribution in [0.15, 0.2) is 60.7 Å². The molecule has 0 spiro atoms. The van der Waals surface area contributed by atoms with Gasteiger partial charge in [0.2, 0.25) is 11.7 Å². The lowest BCUT2D eigenvalue weighted by atomic mass is 9.88. The second-order valence-electron chi connectivity index (χ2n) is 9.41. The second-order valence-corrected chi connectivity index (χ2v) is 9.41. The van der Waals surface area contributed by atoms with Crippen LogP contribution in [0.3, 0.4) is 0 Å². The van der Waals surface area contributed by atoms with Crippen molar-refractivity contribution in [3.8, 4) is 17.2 Å². The van der Waals surface area contributed by atoms with Gasteiger partial charge in [-0.1, -0.05) is 24.3 Å². The van der Waals surface area contributed by atoms with Crippen molar-refractivity contribution in [2.75, 3.05) is 27.9 Å². The van der Waals surface area contributed by atoms with Crippen molar-refractivity contribution in [1.29, 1.82) is 0 Å². The predicted octanol–water partition coefficient (Wildman–Crippen LogP) is 5.20. The summed E-state index contributed by atoms with van der Waals surface area (Å²) in [5, 5.41) is 6.45. The van der Waals surface area contributed by atoms with Crippen LogP contribution in [-0.2, 0) is 11.3 Å². The van der Waals surface area contributed by atoms with Gasteiger partial charge in [0.05, 0.1) is 21.3 Å². The zero-order valence-electron chi connectivity index (χ0n) is 21.9. The zero-order chi connectivity index (χ0) is 27.0. The molecule has 8 heteroatoms. The minimum absolute atomic E-state index is 0.139. The summed E-state index contributed by atoms with van der Waals surface area (Å²) >= 11 is 0. The zero-order valence-corrected chi connectivity index (χ0v) is 21.9. The van der Waals surface area contributed by atoms with Crippen LogP contribution in [0.5, 0.6) is 17.2 Å². The van der Waals surface area contributed by atoms with E-state index in [0.717, 1.165) is 16.7 Å². The molecule has 0 radical (unpaired) electrons. The quantitative estimate of drug-likeness (QED) is 0.349. The summed E-state index contributed by atoms with van der Waals surface area (Å²) in [5.74, 6) is 0.446. The Hall–Kier alpha value is -3.65. The Morgan fingerprint density at radius 1 is 0.838 bits per heavy atom. The molecule has 0 atom stereocenters. The molecule has 37 heavy (non-hydrogen) atoms. The number of benzene rings is 3. The second kappa shape index (κ2) is 12.5. The third-order valence-corrected chi connectivity index (χ3v) is 6.16. The monoisotopic (exact) mass is 512 g/mol. The molecule has 0 aliphatic heterocycles. The van der Waals surface area contributed by atoms with Crippen LogP contribution in [0.2, 0.25) is 0 Å². The molecule has 3 aromatic rings. The summed E-state index contributed by atoms with van der Waals surface area (Å²) in [6, 6.07) is 15.8. The summed E-state index contributed by atoms with van der Waals surface area (Å²) in [6.45, 7) is 4.86. The molecule has 2 N–H and O–H groups in total. The smallest absolute Gasteiger partial charge is 0.221 e. The lowest BCUT2D eigenvalue weighted by Gasteiger charge is -2.28. The number of halogens is 2. The molecule has 1 amide bonds. The highest BCUT2D eigenvalue weighted by Gasteiger charge is 2.23. The van der Waals surface area contributed by atoms with Crippen LogP contribution in [0, 0.1) is 11.6 Å². The maximum absolute atomic E-state index is 13.5. The Bertz CT molecular complexity index is 1110. The van der Waals surface area contributed by atoms with E-state index < -0.39 is 5.54 Å².